The number of nitrogens with zero attached hydrogens (tertiary/aromatic N) is 2. The summed E-state index contributed by atoms with van der Waals surface area (Å²) < 4.78 is 45.9. The standard InChI is InChI=1S/C18H16FNO3.C17H14FNO3.CH4O/c1-22-18(21)14-6-5-13-7-8-20(17(13)11-14)9-10-23-16-4-2-3-15(19)12-16;18-14-2-1-3-15(11-14)22-9-8-19-7-6-12-4-5-13(17(20)21)10-16(12)19;1-2/h2-8,11-12H,9-10H2,1H3;1-7,10-11H,8-9H2,(H,20,21);2H,1H3. The van der Waals surface area contributed by atoms with Crippen LogP contribution in [0.1, 0.15) is 20.7 Å². The van der Waals surface area contributed by atoms with Crippen LogP contribution in [0.3, 0.4) is 0 Å². The number of hydrogen-bond donors (Lipinski definition) is 2. The number of aliphatic hydroxyl groups is 1. The van der Waals surface area contributed by atoms with Crippen LogP contribution in [0.25, 0.3) is 21.8 Å². The van der Waals surface area contributed by atoms with Crippen molar-refractivity contribution in [2.24, 2.45) is 0 Å². The molecule has 244 valence electrons. The molecular formula is C36H34F2N2O7. The maximum Gasteiger partial charge on any atom is 0.337 e. The van der Waals surface area contributed by atoms with Crippen LogP contribution < -0.4 is 9.47 Å². The van der Waals surface area contributed by atoms with Gasteiger partial charge in [0.2, 0.25) is 0 Å². The van der Waals surface area contributed by atoms with Gasteiger partial charge in [0.25, 0.3) is 0 Å². The van der Waals surface area contributed by atoms with E-state index >= 15 is 0 Å². The van der Waals surface area contributed by atoms with Crippen LogP contribution >= 0.6 is 0 Å². The number of aromatic carboxylic acids is 1. The Morgan fingerprint density at radius 2 is 1.13 bits per heavy atom. The maximum absolute atomic E-state index is 13.1. The topological polar surface area (TPSA) is 112 Å². The van der Waals surface area contributed by atoms with Crippen LogP contribution in [0.2, 0.25) is 0 Å². The fraction of sp³-hybridized carbons (Fsp3) is 0.167. The molecule has 0 aliphatic heterocycles. The molecular weight excluding hydrogens is 610 g/mol. The molecule has 11 heteroatoms. The summed E-state index contributed by atoms with van der Waals surface area (Å²) in [5.41, 5.74) is 2.52. The summed E-state index contributed by atoms with van der Waals surface area (Å²) >= 11 is 0. The highest BCUT2D eigenvalue weighted by atomic mass is 19.1. The van der Waals surface area contributed by atoms with Gasteiger partial charge in [-0.2, -0.15) is 0 Å². The second kappa shape index (κ2) is 16.6. The summed E-state index contributed by atoms with van der Waals surface area (Å²) in [5, 5.41) is 18.1. The Morgan fingerprint density at radius 3 is 1.57 bits per heavy atom. The zero-order valence-electron chi connectivity index (χ0n) is 25.8. The molecule has 0 amide bonds. The molecule has 0 spiro atoms. The molecule has 0 bridgehead atoms. The minimum Gasteiger partial charge on any atom is -0.492 e. The number of benzene rings is 4. The molecule has 47 heavy (non-hydrogen) atoms. The molecule has 9 nitrogen and oxygen atoms in total. The first kappa shape index (κ1) is 34.2. The Hall–Kier alpha value is -5.68. The summed E-state index contributed by atoms with van der Waals surface area (Å²) in [5.74, 6) is -1.01. The zero-order valence-corrected chi connectivity index (χ0v) is 25.8. The summed E-state index contributed by atoms with van der Waals surface area (Å²) in [6.45, 7) is 1.90. The van der Waals surface area contributed by atoms with Crippen molar-refractivity contribution in [3.8, 4) is 11.5 Å². The molecule has 0 atom stereocenters. The smallest absolute Gasteiger partial charge is 0.337 e. The van der Waals surface area contributed by atoms with Crippen molar-refractivity contribution in [3.05, 3.63) is 132 Å². The van der Waals surface area contributed by atoms with Gasteiger partial charge in [0.15, 0.2) is 0 Å². The highest BCUT2D eigenvalue weighted by Crippen LogP contribution is 2.20. The quantitative estimate of drug-likeness (QED) is 0.158. The second-order valence-corrected chi connectivity index (χ2v) is 9.97. The zero-order chi connectivity index (χ0) is 33.8. The van der Waals surface area contributed by atoms with E-state index in [4.69, 9.17) is 24.4 Å². The molecule has 6 aromatic rings. The van der Waals surface area contributed by atoms with Gasteiger partial charge in [0.1, 0.15) is 36.3 Å². The minimum absolute atomic E-state index is 0.249. The largest absolute Gasteiger partial charge is 0.492 e. The number of hydrogen-bond acceptors (Lipinski definition) is 6. The van der Waals surface area contributed by atoms with Gasteiger partial charge < -0.3 is 33.6 Å². The fourth-order valence-electron chi connectivity index (χ4n) is 4.77. The lowest BCUT2D eigenvalue weighted by Gasteiger charge is -2.09. The second-order valence-electron chi connectivity index (χ2n) is 9.97. The first-order valence-corrected chi connectivity index (χ1v) is 14.5. The summed E-state index contributed by atoms with van der Waals surface area (Å²) in [6.07, 6.45) is 3.81. The third-order valence-corrected chi connectivity index (χ3v) is 7.01. The van der Waals surface area contributed by atoms with Crippen LogP contribution in [0.15, 0.2) is 109 Å². The maximum atomic E-state index is 13.1. The van der Waals surface area contributed by atoms with Gasteiger partial charge >= 0.3 is 11.9 Å². The molecule has 6 rings (SSSR count). The first-order valence-electron chi connectivity index (χ1n) is 14.5. The highest BCUT2D eigenvalue weighted by Gasteiger charge is 2.09. The van der Waals surface area contributed by atoms with Gasteiger partial charge in [-0.15, -0.1) is 0 Å². The Labute approximate surface area is 269 Å². The molecule has 4 aromatic carbocycles. The number of carbonyl (C=O) groups excluding carboxylic acids is 1. The van der Waals surface area contributed by atoms with Gasteiger partial charge in [0, 0.05) is 42.7 Å². The number of carbonyl (C=O) groups is 2. The van der Waals surface area contributed by atoms with Crippen LogP contribution in [0.5, 0.6) is 11.5 Å². The van der Waals surface area contributed by atoms with Crippen LogP contribution in [0, 0.1) is 11.6 Å². The molecule has 0 fully saturated rings. The van der Waals surface area contributed by atoms with E-state index in [0.717, 1.165) is 28.9 Å². The normalized spacial score (nSPS) is 10.4. The van der Waals surface area contributed by atoms with Gasteiger partial charge in [-0.1, -0.05) is 24.3 Å². The lowest BCUT2D eigenvalue weighted by Crippen LogP contribution is -2.08. The molecule has 0 saturated carbocycles. The molecule has 0 radical (unpaired) electrons. The molecule has 2 N–H and O–H groups in total. The van der Waals surface area contributed by atoms with Crippen molar-refractivity contribution < 1.29 is 42.8 Å². The van der Waals surface area contributed by atoms with Crippen molar-refractivity contribution >= 4 is 33.7 Å². The predicted molar refractivity (Wildman–Crippen MR) is 174 cm³/mol. The Kier molecular flexibility index (Phi) is 12.1. The van der Waals surface area contributed by atoms with E-state index in [2.05, 4.69) is 0 Å². The van der Waals surface area contributed by atoms with Crippen molar-refractivity contribution in [1.82, 2.24) is 9.13 Å². The van der Waals surface area contributed by atoms with E-state index in [1.54, 1.807) is 54.6 Å². The summed E-state index contributed by atoms with van der Waals surface area (Å²) in [7, 11) is 2.36. The number of ether oxygens (including phenoxy) is 3. The molecule has 0 saturated heterocycles. The third-order valence-electron chi connectivity index (χ3n) is 7.01. The minimum atomic E-state index is -0.953. The number of halogens is 2. The SMILES string of the molecule is CO.COC(=O)c1ccc2ccn(CCOc3cccc(F)c3)c2c1.O=C(O)c1ccc2ccn(CCOc3cccc(F)c3)c2c1. The van der Waals surface area contributed by atoms with Crippen molar-refractivity contribution in [3.63, 3.8) is 0 Å². The number of methoxy groups -OCH3 is 1. The van der Waals surface area contributed by atoms with Gasteiger partial charge in [-0.05, 0) is 71.4 Å². The fourth-order valence-corrected chi connectivity index (χ4v) is 4.77. The Balaban J connectivity index is 0.000000202. The Morgan fingerprint density at radius 1 is 0.660 bits per heavy atom. The lowest BCUT2D eigenvalue weighted by molar-refractivity contribution is 0.0600. The number of carboxylic acid groups (broad SMARTS) is 1. The van der Waals surface area contributed by atoms with E-state index in [1.807, 2.05) is 39.7 Å². The van der Waals surface area contributed by atoms with E-state index in [1.165, 1.54) is 31.4 Å². The average Bonchev–Trinajstić information content (AvgIpc) is 3.69. The van der Waals surface area contributed by atoms with E-state index < -0.39 is 5.97 Å². The number of aromatic nitrogens is 2. The van der Waals surface area contributed by atoms with Crippen molar-refractivity contribution in [2.75, 3.05) is 27.4 Å². The van der Waals surface area contributed by atoms with Crippen molar-refractivity contribution in [2.45, 2.75) is 13.1 Å². The monoisotopic (exact) mass is 644 g/mol. The number of rotatable bonds is 10. The third kappa shape index (κ3) is 9.18. The van der Waals surface area contributed by atoms with E-state index in [9.17, 15) is 18.4 Å². The first-order chi connectivity index (χ1) is 22.8. The van der Waals surface area contributed by atoms with Crippen molar-refractivity contribution in [1.29, 1.82) is 0 Å². The highest BCUT2D eigenvalue weighted by molar-refractivity contribution is 5.95. The van der Waals surface area contributed by atoms with Crippen LogP contribution in [-0.4, -0.2) is 58.7 Å². The number of esters is 1. The Bertz CT molecular complexity index is 1950. The molecule has 0 unspecified atom stereocenters. The number of carboxylic acids is 1. The summed E-state index contributed by atoms with van der Waals surface area (Å²) in [6, 6.07) is 26.3. The molecule has 2 aromatic heterocycles. The van der Waals surface area contributed by atoms with Crippen LogP contribution in [0.4, 0.5) is 8.78 Å². The molecule has 0 aliphatic carbocycles. The lowest BCUT2D eigenvalue weighted by atomic mass is 10.1. The molecule has 0 aliphatic rings. The number of aliphatic hydroxyl groups excluding tert-OH is 1. The summed E-state index contributed by atoms with van der Waals surface area (Å²) in [4.78, 5) is 22.7. The number of fused-ring (bicyclic) bond motifs is 2. The van der Waals surface area contributed by atoms with Gasteiger partial charge in [-0.25, -0.2) is 18.4 Å². The average molecular weight is 645 g/mol. The predicted octanol–water partition coefficient (Wildman–Crippen LogP) is 6.81. The van der Waals surface area contributed by atoms with Gasteiger partial charge in [0.05, 0.1) is 31.3 Å². The van der Waals surface area contributed by atoms with Gasteiger partial charge in [-0.3, -0.25) is 0 Å². The van der Waals surface area contributed by atoms with E-state index in [0.29, 0.717) is 43.4 Å². The van der Waals surface area contributed by atoms with E-state index in [-0.39, 0.29) is 23.2 Å². The van der Waals surface area contributed by atoms with Crippen LogP contribution in [-0.2, 0) is 17.8 Å². The molecule has 2 heterocycles.